The third kappa shape index (κ3) is 5.37. The number of nitrogens with one attached hydrogen (secondary N) is 2. The maximum Gasteiger partial charge on any atom is 0.236 e. The summed E-state index contributed by atoms with van der Waals surface area (Å²) in [5.41, 5.74) is 6.77. The van der Waals surface area contributed by atoms with Crippen LogP contribution in [0, 0.1) is 5.41 Å². The van der Waals surface area contributed by atoms with E-state index in [0.717, 1.165) is 5.56 Å². The lowest BCUT2D eigenvalue weighted by Crippen LogP contribution is -2.50. The highest BCUT2D eigenvalue weighted by atomic mass is 16.3. The van der Waals surface area contributed by atoms with Crippen LogP contribution in [-0.4, -0.2) is 22.0 Å². The van der Waals surface area contributed by atoms with Gasteiger partial charge in [-0.15, -0.1) is 0 Å². The molecule has 0 saturated carbocycles. The number of carbonyl (C=O) groups is 2. The summed E-state index contributed by atoms with van der Waals surface area (Å²) in [6, 6.07) is 20.4. The minimum atomic E-state index is -1.44. The van der Waals surface area contributed by atoms with E-state index in [4.69, 9.17) is 5.73 Å². The lowest BCUT2D eigenvalue weighted by molar-refractivity contribution is -0.142. The summed E-state index contributed by atoms with van der Waals surface area (Å²) in [7, 11) is 0. The Morgan fingerprint density at radius 2 is 1.22 bits per heavy atom. The number of amides is 2. The highest BCUT2D eigenvalue weighted by molar-refractivity contribution is 6.05. The third-order valence-electron chi connectivity index (χ3n) is 5.40. The van der Waals surface area contributed by atoms with Crippen molar-refractivity contribution in [3.05, 3.63) is 89.5 Å². The number of nitrogen functional groups attached to an aromatic ring is 1. The van der Waals surface area contributed by atoms with E-state index in [0.29, 0.717) is 16.8 Å². The van der Waals surface area contributed by atoms with Crippen LogP contribution >= 0.6 is 0 Å². The van der Waals surface area contributed by atoms with Gasteiger partial charge in [0.1, 0.15) is 16.9 Å². The maximum atomic E-state index is 13.2. The van der Waals surface area contributed by atoms with Crippen molar-refractivity contribution in [1.29, 1.82) is 0 Å². The van der Waals surface area contributed by atoms with Gasteiger partial charge in [-0.25, -0.2) is 0 Å². The fraction of sp³-hybridized carbons (Fsp3) is 0.200. The Balaban J connectivity index is 1.79. The summed E-state index contributed by atoms with van der Waals surface area (Å²) in [5.74, 6) is -0.825. The van der Waals surface area contributed by atoms with E-state index in [9.17, 15) is 19.8 Å². The van der Waals surface area contributed by atoms with Crippen molar-refractivity contribution in [3.63, 3.8) is 0 Å². The Morgan fingerprint density at radius 3 is 1.66 bits per heavy atom. The van der Waals surface area contributed by atoms with Crippen molar-refractivity contribution in [1.82, 2.24) is 10.6 Å². The smallest absolute Gasteiger partial charge is 0.236 e. The maximum absolute atomic E-state index is 13.2. The fourth-order valence-corrected chi connectivity index (χ4v) is 3.37. The average Bonchev–Trinajstić information content (AvgIpc) is 2.79. The zero-order chi connectivity index (χ0) is 23.1. The summed E-state index contributed by atoms with van der Waals surface area (Å²) in [5, 5.41) is 25.5. The lowest BCUT2D eigenvalue weighted by atomic mass is 9.81. The van der Waals surface area contributed by atoms with Gasteiger partial charge in [-0.2, -0.15) is 0 Å². The molecule has 0 heterocycles. The monoisotopic (exact) mass is 433 g/mol. The molecule has 0 aromatic heterocycles. The zero-order valence-electron chi connectivity index (χ0n) is 17.8. The first kappa shape index (κ1) is 22.7. The number of aromatic hydroxyl groups is 2. The largest absolute Gasteiger partial charge is 0.508 e. The number of phenolic OH excluding ortho intramolecular Hbond substituents is 2. The molecule has 0 aliphatic carbocycles. The minimum Gasteiger partial charge on any atom is -0.508 e. The summed E-state index contributed by atoms with van der Waals surface area (Å²) < 4.78 is 0. The molecule has 0 aliphatic rings. The van der Waals surface area contributed by atoms with Gasteiger partial charge in [-0.1, -0.05) is 48.5 Å². The van der Waals surface area contributed by atoms with E-state index in [-0.39, 0.29) is 31.0 Å². The second kappa shape index (κ2) is 9.87. The molecular weight excluding hydrogens is 406 g/mol. The van der Waals surface area contributed by atoms with E-state index in [2.05, 4.69) is 10.6 Å². The number of anilines is 1. The zero-order valence-corrected chi connectivity index (χ0v) is 17.8. The summed E-state index contributed by atoms with van der Waals surface area (Å²) in [6.45, 7) is 1.73. The molecule has 7 heteroatoms. The molecule has 0 saturated heterocycles. The molecule has 3 aromatic rings. The second-order valence-corrected chi connectivity index (χ2v) is 7.87. The molecule has 0 unspecified atom stereocenters. The van der Waals surface area contributed by atoms with Gasteiger partial charge in [0.25, 0.3) is 0 Å². The number of hydrogen-bond acceptors (Lipinski definition) is 5. The molecule has 6 N–H and O–H groups in total. The van der Waals surface area contributed by atoms with Crippen LogP contribution in [0.1, 0.15) is 23.6 Å². The van der Waals surface area contributed by atoms with Crippen LogP contribution in [0.25, 0.3) is 0 Å². The molecule has 3 aromatic carbocycles. The van der Waals surface area contributed by atoms with Gasteiger partial charge in [0.05, 0.1) is 0 Å². The van der Waals surface area contributed by atoms with Crippen LogP contribution in [0.2, 0.25) is 0 Å². The van der Waals surface area contributed by atoms with Crippen LogP contribution in [0.4, 0.5) is 5.69 Å². The first-order valence-electron chi connectivity index (χ1n) is 10.2. The molecule has 0 bridgehead atoms. The third-order valence-corrected chi connectivity index (χ3v) is 5.40. The van der Waals surface area contributed by atoms with Gasteiger partial charge in [0.2, 0.25) is 11.8 Å². The summed E-state index contributed by atoms with van der Waals surface area (Å²) in [4.78, 5) is 26.4. The van der Waals surface area contributed by atoms with Crippen molar-refractivity contribution >= 4 is 17.5 Å². The van der Waals surface area contributed by atoms with Crippen LogP contribution < -0.4 is 16.4 Å². The van der Waals surface area contributed by atoms with E-state index in [1.54, 1.807) is 67.6 Å². The number of carbonyl (C=O) groups excluding carboxylic acids is 2. The number of para-hydroxylation sites is 2. The first-order valence-corrected chi connectivity index (χ1v) is 10.2. The van der Waals surface area contributed by atoms with Gasteiger partial charge >= 0.3 is 0 Å². The van der Waals surface area contributed by atoms with Crippen molar-refractivity contribution in [2.45, 2.75) is 26.4 Å². The van der Waals surface area contributed by atoms with Crippen LogP contribution in [0.3, 0.4) is 0 Å². The molecule has 166 valence electrons. The van der Waals surface area contributed by atoms with Crippen LogP contribution in [-0.2, 0) is 29.1 Å². The summed E-state index contributed by atoms with van der Waals surface area (Å²) in [6.07, 6.45) is 0.145. The second-order valence-electron chi connectivity index (χ2n) is 7.87. The van der Waals surface area contributed by atoms with E-state index < -0.39 is 17.2 Å². The van der Waals surface area contributed by atoms with Gasteiger partial charge in [-0.05, 0) is 43.2 Å². The normalized spacial score (nSPS) is 11.0. The molecule has 0 spiro atoms. The minimum absolute atomic E-state index is 0.0667. The molecule has 32 heavy (non-hydrogen) atoms. The Labute approximate surface area is 186 Å². The molecule has 0 radical (unpaired) electrons. The molecule has 2 amide bonds. The Hall–Kier alpha value is -4.00. The molecule has 0 aliphatic heterocycles. The van der Waals surface area contributed by atoms with Crippen molar-refractivity contribution in [3.8, 4) is 11.5 Å². The average molecular weight is 434 g/mol. The van der Waals surface area contributed by atoms with Crippen LogP contribution in [0.15, 0.2) is 72.8 Å². The van der Waals surface area contributed by atoms with E-state index in [1.807, 2.05) is 0 Å². The number of phenols is 2. The Morgan fingerprint density at radius 1 is 0.781 bits per heavy atom. The van der Waals surface area contributed by atoms with Gasteiger partial charge in [0.15, 0.2) is 0 Å². The highest BCUT2D eigenvalue weighted by Gasteiger charge is 2.41. The van der Waals surface area contributed by atoms with Crippen molar-refractivity contribution < 1.29 is 19.8 Å². The fourth-order valence-electron chi connectivity index (χ4n) is 3.37. The molecule has 3 rings (SSSR count). The standard InChI is InChI=1S/C25H27N3O4/c1-25(14-17-10-12-20(26)13-11-17,23(31)27-15-18-6-2-4-8-21(18)29)24(32)28-16-19-7-3-5-9-22(19)30/h2-13,29-30H,14-16,26H2,1H3,(H,27,31)(H,28,32). The van der Waals surface area contributed by atoms with Crippen molar-refractivity contribution in [2.24, 2.45) is 5.41 Å². The van der Waals surface area contributed by atoms with Crippen molar-refractivity contribution in [2.75, 3.05) is 5.73 Å². The van der Waals surface area contributed by atoms with E-state index >= 15 is 0 Å². The quantitative estimate of drug-likeness (QED) is 0.276. The number of benzene rings is 3. The number of hydrogen-bond donors (Lipinski definition) is 5. The van der Waals surface area contributed by atoms with E-state index in [1.165, 1.54) is 12.1 Å². The SMILES string of the molecule is CC(Cc1ccc(N)cc1)(C(=O)NCc1ccccc1O)C(=O)NCc1ccccc1O. The summed E-state index contributed by atoms with van der Waals surface area (Å²) >= 11 is 0. The Bertz CT molecular complexity index is 1030. The number of nitrogens with two attached hydrogens (primary N) is 1. The first-order chi connectivity index (χ1) is 15.3. The highest BCUT2D eigenvalue weighted by Crippen LogP contribution is 2.26. The van der Waals surface area contributed by atoms with Gasteiger partial charge in [-0.3, -0.25) is 9.59 Å². The predicted octanol–water partition coefficient (Wildman–Crippen LogP) is 2.86. The molecular formula is C25H27N3O4. The molecule has 0 atom stereocenters. The van der Waals surface area contributed by atoms with Gasteiger partial charge < -0.3 is 26.6 Å². The lowest BCUT2D eigenvalue weighted by Gasteiger charge is -2.28. The topological polar surface area (TPSA) is 125 Å². The Kier molecular flexibility index (Phi) is 7.00. The predicted molar refractivity (Wildman–Crippen MR) is 123 cm³/mol. The molecule has 7 nitrogen and oxygen atoms in total. The van der Waals surface area contributed by atoms with Crippen LogP contribution in [0.5, 0.6) is 11.5 Å². The molecule has 0 fully saturated rings. The number of rotatable bonds is 8. The van der Waals surface area contributed by atoms with Gasteiger partial charge in [0, 0.05) is 29.9 Å².